The Balaban J connectivity index is 1.43. The van der Waals surface area contributed by atoms with Gasteiger partial charge in [-0.05, 0) is 35.6 Å². The van der Waals surface area contributed by atoms with Crippen LogP contribution in [0.3, 0.4) is 0 Å². The predicted molar refractivity (Wildman–Crippen MR) is 116 cm³/mol. The van der Waals surface area contributed by atoms with E-state index in [1.54, 1.807) is 17.8 Å². The molecule has 2 aromatic rings. The van der Waals surface area contributed by atoms with E-state index in [0.29, 0.717) is 0 Å². The molecule has 4 heteroatoms. The van der Waals surface area contributed by atoms with E-state index in [9.17, 15) is 4.79 Å². The van der Waals surface area contributed by atoms with Crippen molar-refractivity contribution in [2.24, 2.45) is 0 Å². The second-order valence-electron chi connectivity index (χ2n) is 6.55. The molecule has 1 saturated heterocycles. The van der Waals surface area contributed by atoms with Gasteiger partial charge in [0.1, 0.15) is 0 Å². The average Bonchev–Trinajstić information content (AvgIpc) is 2.73. The first kappa shape index (κ1) is 19.5. The number of amides is 1. The maximum Gasteiger partial charge on any atom is 0.246 e. The van der Waals surface area contributed by atoms with Gasteiger partial charge in [-0.1, -0.05) is 54.6 Å². The number of rotatable bonds is 6. The lowest BCUT2D eigenvalue weighted by atomic mass is 10.2. The number of hydrogen-bond acceptors (Lipinski definition) is 3. The fourth-order valence-corrected chi connectivity index (χ4v) is 3.45. The van der Waals surface area contributed by atoms with E-state index in [-0.39, 0.29) is 5.91 Å². The zero-order valence-electron chi connectivity index (χ0n) is 15.8. The summed E-state index contributed by atoms with van der Waals surface area (Å²) in [6, 6.07) is 18.6. The Kier molecular flexibility index (Phi) is 7.31. The van der Waals surface area contributed by atoms with E-state index in [2.05, 4.69) is 59.7 Å². The first-order valence-corrected chi connectivity index (χ1v) is 10.5. The molecule has 3 nitrogen and oxygen atoms in total. The maximum absolute atomic E-state index is 12.4. The molecule has 0 N–H and O–H groups in total. The molecule has 3 rings (SSSR count). The van der Waals surface area contributed by atoms with Crippen LogP contribution < -0.4 is 0 Å². The van der Waals surface area contributed by atoms with Gasteiger partial charge >= 0.3 is 0 Å². The van der Waals surface area contributed by atoms with Crippen molar-refractivity contribution in [3.05, 3.63) is 77.9 Å². The van der Waals surface area contributed by atoms with Crippen LogP contribution in [-0.4, -0.2) is 54.7 Å². The SMILES string of the molecule is CSc1ccc(C=CC(=O)N2CCN(CC=Cc3ccccc3)CC2)cc1. The summed E-state index contributed by atoms with van der Waals surface area (Å²) in [5.74, 6) is 0.100. The molecule has 0 bridgehead atoms. The van der Waals surface area contributed by atoms with Crippen LogP contribution in [-0.2, 0) is 4.79 Å². The summed E-state index contributed by atoms with van der Waals surface area (Å²) in [5, 5.41) is 0. The molecule has 0 radical (unpaired) electrons. The molecule has 0 atom stereocenters. The van der Waals surface area contributed by atoms with E-state index >= 15 is 0 Å². The van der Waals surface area contributed by atoms with Crippen molar-refractivity contribution in [2.75, 3.05) is 39.0 Å². The van der Waals surface area contributed by atoms with E-state index in [4.69, 9.17) is 0 Å². The molecule has 2 aromatic carbocycles. The van der Waals surface area contributed by atoms with Crippen molar-refractivity contribution in [3.8, 4) is 0 Å². The molecule has 1 aliphatic heterocycles. The normalized spacial score (nSPS) is 15.7. The smallest absolute Gasteiger partial charge is 0.246 e. The van der Waals surface area contributed by atoms with Crippen molar-refractivity contribution in [2.45, 2.75) is 4.90 Å². The minimum Gasteiger partial charge on any atom is -0.337 e. The summed E-state index contributed by atoms with van der Waals surface area (Å²) in [5.41, 5.74) is 2.29. The van der Waals surface area contributed by atoms with E-state index in [1.165, 1.54) is 10.5 Å². The number of thioether (sulfide) groups is 1. The molecule has 140 valence electrons. The number of benzene rings is 2. The Morgan fingerprint density at radius 3 is 2.26 bits per heavy atom. The van der Waals surface area contributed by atoms with Crippen LogP contribution in [0.15, 0.2) is 71.6 Å². The zero-order valence-corrected chi connectivity index (χ0v) is 16.6. The fourth-order valence-electron chi connectivity index (χ4n) is 3.04. The minimum absolute atomic E-state index is 0.100. The largest absolute Gasteiger partial charge is 0.337 e. The highest BCUT2D eigenvalue weighted by atomic mass is 32.2. The van der Waals surface area contributed by atoms with Gasteiger partial charge in [0.15, 0.2) is 0 Å². The highest BCUT2D eigenvalue weighted by molar-refractivity contribution is 7.98. The van der Waals surface area contributed by atoms with Crippen LogP contribution in [0.25, 0.3) is 12.2 Å². The molecule has 1 heterocycles. The molecule has 1 aliphatic rings. The molecular formula is C23H26N2OS. The van der Waals surface area contributed by atoms with Crippen molar-refractivity contribution in [1.29, 1.82) is 0 Å². The van der Waals surface area contributed by atoms with E-state index in [1.807, 2.05) is 29.2 Å². The monoisotopic (exact) mass is 378 g/mol. The fraction of sp³-hybridized carbons (Fsp3) is 0.261. The van der Waals surface area contributed by atoms with Crippen molar-refractivity contribution >= 4 is 29.8 Å². The summed E-state index contributed by atoms with van der Waals surface area (Å²) < 4.78 is 0. The van der Waals surface area contributed by atoms with Crippen LogP contribution in [0.2, 0.25) is 0 Å². The lowest BCUT2D eigenvalue weighted by molar-refractivity contribution is -0.127. The number of piperazine rings is 1. The van der Waals surface area contributed by atoms with Crippen molar-refractivity contribution in [1.82, 2.24) is 9.80 Å². The second kappa shape index (κ2) is 10.1. The molecule has 0 aromatic heterocycles. The Morgan fingerprint density at radius 1 is 0.926 bits per heavy atom. The van der Waals surface area contributed by atoms with Gasteiger partial charge in [0.05, 0.1) is 0 Å². The van der Waals surface area contributed by atoms with Gasteiger partial charge in [0.2, 0.25) is 5.91 Å². The first-order chi connectivity index (χ1) is 13.2. The summed E-state index contributed by atoms with van der Waals surface area (Å²) in [7, 11) is 0. The van der Waals surface area contributed by atoms with E-state index in [0.717, 1.165) is 38.3 Å². The number of carbonyl (C=O) groups is 1. The van der Waals surface area contributed by atoms with Gasteiger partial charge in [-0.3, -0.25) is 9.69 Å². The molecule has 1 fully saturated rings. The third-order valence-electron chi connectivity index (χ3n) is 4.69. The second-order valence-corrected chi connectivity index (χ2v) is 7.43. The molecule has 0 saturated carbocycles. The summed E-state index contributed by atoms with van der Waals surface area (Å²) in [6.07, 6.45) is 10.0. The minimum atomic E-state index is 0.100. The average molecular weight is 379 g/mol. The lowest BCUT2D eigenvalue weighted by Crippen LogP contribution is -2.48. The van der Waals surface area contributed by atoms with Crippen LogP contribution >= 0.6 is 11.8 Å². The third-order valence-corrected chi connectivity index (χ3v) is 5.44. The predicted octanol–water partition coefficient (Wildman–Crippen LogP) is 4.28. The Bertz CT molecular complexity index is 776. The maximum atomic E-state index is 12.4. The number of nitrogens with zero attached hydrogens (tertiary/aromatic N) is 2. The van der Waals surface area contributed by atoms with Crippen molar-refractivity contribution in [3.63, 3.8) is 0 Å². The summed E-state index contributed by atoms with van der Waals surface area (Å²) in [4.78, 5) is 18.0. The van der Waals surface area contributed by atoms with E-state index < -0.39 is 0 Å². The highest BCUT2D eigenvalue weighted by Gasteiger charge is 2.18. The number of hydrogen-bond donors (Lipinski definition) is 0. The van der Waals surface area contributed by atoms with Gasteiger partial charge in [0.25, 0.3) is 0 Å². The van der Waals surface area contributed by atoms with Gasteiger partial charge < -0.3 is 4.90 Å². The van der Waals surface area contributed by atoms with Gasteiger partial charge in [-0.25, -0.2) is 0 Å². The van der Waals surface area contributed by atoms with Gasteiger partial charge in [-0.15, -0.1) is 11.8 Å². The van der Waals surface area contributed by atoms with Crippen molar-refractivity contribution < 1.29 is 4.79 Å². The third kappa shape index (κ3) is 6.12. The van der Waals surface area contributed by atoms with Gasteiger partial charge in [-0.2, -0.15) is 0 Å². The van der Waals surface area contributed by atoms with Crippen LogP contribution in [0.4, 0.5) is 0 Å². The number of carbonyl (C=O) groups excluding carboxylic acids is 1. The molecule has 27 heavy (non-hydrogen) atoms. The molecular weight excluding hydrogens is 352 g/mol. The van der Waals surface area contributed by atoms with Crippen LogP contribution in [0, 0.1) is 0 Å². The van der Waals surface area contributed by atoms with Crippen LogP contribution in [0.5, 0.6) is 0 Å². The van der Waals surface area contributed by atoms with Gasteiger partial charge in [0, 0.05) is 43.7 Å². The quantitative estimate of drug-likeness (QED) is 0.554. The lowest BCUT2D eigenvalue weighted by Gasteiger charge is -2.33. The summed E-state index contributed by atoms with van der Waals surface area (Å²) in [6.45, 7) is 4.33. The molecule has 0 unspecified atom stereocenters. The first-order valence-electron chi connectivity index (χ1n) is 9.29. The molecule has 0 aliphatic carbocycles. The topological polar surface area (TPSA) is 23.6 Å². The summed E-state index contributed by atoms with van der Waals surface area (Å²) >= 11 is 1.72. The Morgan fingerprint density at radius 2 is 1.59 bits per heavy atom. The Labute approximate surface area is 166 Å². The zero-order chi connectivity index (χ0) is 18.9. The molecule has 0 spiro atoms. The highest BCUT2D eigenvalue weighted by Crippen LogP contribution is 2.15. The Hall–Kier alpha value is -2.30. The molecule has 1 amide bonds. The standard InChI is InChI=1S/C23H26N2OS/c1-27-22-12-9-21(10-13-22)11-14-23(26)25-18-16-24(17-19-25)15-5-8-20-6-3-2-4-7-20/h2-14H,15-19H2,1H3. The van der Waals surface area contributed by atoms with Crippen LogP contribution in [0.1, 0.15) is 11.1 Å².